The molecule has 20 heteroatoms. The van der Waals surface area contributed by atoms with Crippen LogP contribution in [0.1, 0.15) is 103 Å². The van der Waals surface area contributed by atoms with E-state index in [-0.39, 0.29) is 28.4 Å². The molecule has 0 amide bonds. The van der Waals surface area contributed by atoms with E-state index in [4.69, 9.17) is 4.74 Å². The number of carbonyl (C=O) groups excluding carboxylic acids is 1. The van der Waals surface area contributed by atoms with E-state index in [1.54, 1.807) is 19.1 Å². The molecule has 0 atom stereocenters. The molecule has 0 bridgehead atoms. The zero-order chi connectivity index (χ0) is 50.0. The summed E-state index contributed by atoms with van der Waals surface area (Å²) in [5, 5.41) is 0. The van der Waals surface area contributed by atoms with Gasteiger partial charge in [0.1, 0.15) is 23.8 Å². The summed E-state index contributed by atoms with van der Waals surface area (Å²) in [7, 11) is -17.5. The maximum Gasteiger partial charge on any atom is 0.294 e. The standard InChI is InChI=1S/C48H58N2O14S4/c1-33(51)13-14-34-15-19-37(20-16-34)64-46-35(17-25-44-47(2,3)40-31-38(67(58,59)60)21-23-42(40)49(44)27-6-8-29-65(52,53)54)11-10-12-36(46)18-26-45-48(4,5)41-32-39(68(61,62)63)22-24-43(41)50(45)28-7-9-30-66(55,56)57/h15-26,31-32H,6-14,27-30H2,1-5H3,(H3-,52,53,54,55,56,57,58,59,60,61,62,63)/p+1. The quantitative estimate of drug-likeness (QED) is 0.0474. The van der Waals surface area contributed by atoms with E-state index in [1.807, 2.05) is 85.7 Å². The maximum absolute atomic E-state index is 12.3. The minimum atomic E-state index is -4.55. The molecule has 0 radical (unpaired) electrons. The monoisotopic (exact) mass is 1020 g/mol. The molecule has 6 rings (SSSR count). The van der Waals surface area contributed by atoms with Crippen LogP contribution in [0.2, 0.25) is 0 Å². The van der Waals surface area contributed by atoms with Gasteiger partial charge in [0.25, 0.3) is 40.5 Å². The average molecular weight is 1020 g/mol. The molecule has 3 aromatic rings. The number of anilines is 1. The Morgan fingerprint density at radius 2 is 1.32 bits per heavy atom. The highest BCUT2D eigenvalue weighted by Crippen LogP contribution is 2.49. The predicted molar refractivity (Wildman–Crippen MR) is 259 cm³/mol. The van der Waals surface area contributed by atoms with E-state index in [0.29, 0.717) is 92.0 Å². The number of Topliss-reactive ketones (excluding diaryl/α,β-unsaturated/α-hetero) is 1. The Bertz CT molecular complexity index is 3090. The molecule has 68 heavy (non-hydrogen) atoms. The summed E-state index contributed by atoms with van der Waals surface area (Å²) in [5.41, 5.74) is 5.08. The van der Waals surface area contributed by atoms with Crippen molar-refractivity contribution >= 4 is 63.3 Å². The molecular weight excluding hydrogens is 957 g/mol. The minimum absolute atomic E-state index is 0.0732. The number of carbonyl (C=O) groups is 1. The summed E-state index contributed by atoms with van der Waals surface area (Å²) in [6, 6.07) is 16.2. The molecule has 1 aliphatic carbocycles. The van der Waals surface area contributed by atoms with Crippen LogP contribution in [-0.2, 0) is 62.5 Å². The Hall–Kier alpha value is -4.80. The Morgan fingerprint density at radius 1 is 0.721 bits per heavy atom. The van der Waals surface area contributed by atoms with Crippen LogP contribution in [0.5, 0.6) is 5.75 Å². The highest BCUT2D eigenvalue weighted by Gasteiger charge is 2.45. The fourth-order valence-corrected chi connectivity index (χ4v) is 11.2. The van der Waals surface area contributed by atoms with E-state index >= 15 is 0 Å². The van der Waals surface area contributed by atoms with Gasteiger partial charge < -0.3 is 14.4 Å². The second-order valence-electron chi connectivity index (χ2n) is 18.5. The number of benzene rings is 3. The van der Waals surface area contributed by atoms with Crippen LogP contribution in [0, 0.1) is 0 Å². The molecule has 368 valence electrons. The molecule has 0 saturated heterocycles. The maximum atomic E-state index is 12.3. The first kappa shape index (κ1) is 52.6. The highest BCUT2D eigenvalue weighted by atomic mass is 32.2. The van der Waals surface area contributed by atoms with Crippen LogP contribution in [0.15, 0.2) is 117 Å². The highest BCUT2D eigenvalue weighted by molar-refractivity contribution is 7.86. The van der Waals surface area contributed by atoms with E-state index < -0.39 is 62.8 Å². The molecule has 0 aromatic heterocycles. The third-order valence-electron chi connectivity index (χ3n) is 12.7. The lowest BCUT2D eigenvalue weighted by Crippen LogP contribution is -2.28. The van der Waals surface area contributed by atoms with Gasteiger partial charge in [0, 0.05) is 53.9 Å². The van der Waals surface area contributed by atoms with Gasteiger partial charge in [0.15, 0.2) is 5.71 Å². The van der Waals surface area contributed by atoms with Crippen molar-refractivity contribution in [2.75, 3.05) is 29.5 Å². The van der Waals surface area contributed by atoms with Crippen molar-refractivity contribution in [2.45, 2.75) is 113 Å². The number of fused-ring (bicyclic) bond motifs is 2. The summed E-state index contributed by atoms with van der Waals surface area (Å²) in [6.07, 6.45) is 11.7. The number of ether oxygens (including phenoxy) is 1. The van der Waals surface area contributed by atoms with Crippen LogP contribution in [0.4, 0.5) is 11.4 Å². The van der Waals surface area contributed by atoms with Gasteiger partial charge >= 0.3 is 0 Å². The fraction of sp³-hybridized carbons (Fsp3) is 0.417. The molecule has 0 unspecified atom stereocenters. The summed E-state index contributed by atoms with van der Waals surface area (Å²) < 4.78 is 143. The van der Waals surface area contributed by atoms with Gasteiger partial charge in [0.05, 0.1) is 26.7 Å². The van der Waals surface area contributed by atoms with Crippen molar-refractivity contribution in [1.82, 2.24) is 0 Å². The van der Waals surface area contributed by atoms with Crippen LogP contribution >= 0.6 is 0 Å². The Labute approximate surface area is 399 Å². The molecular formula is C48H59N2O14S4+. The molecule has 0 saturated carbocycles. The Kier molecular flexibility index (Phi) is 15.7. The van der Waals surface area contributed by atoms with Crippen molar-refractivity contribution in [3.05, 3.63) is 124 Å². The molecule has 2 aliphatic heterocycles. The molecule has 0 fully saturated rings. The predicted octanol–water partition coefficient (Wildman–Crippen LogP) is 8.10. The zero-order valence-electron chi connectivity index (χ0n) is 38.7. The van der Waals surface area contributed by atoms with E-state index in [1.165, 1.54) is 24.3 Å². The third-order valence-corrected chi connectivity index (χ3v) is 16.0. The van der Waals surface area contributed by atoms with Crippen LogP contribution in [0.25, 0.3) is 0 Å². The number of ketones is 1. The number of unbranched alkanes of at least 4 members (excludes halogenated alkanes) is 2. The van der Waals surface area contributed by atoms with Crippen LogP contribution < -0.4 is 9.64 Å². The van der Waals surface area contributed by atoms with Crippen molar-refractivity contribution in [1.29, 1.82) is 0 Å². The molecule has 3 aliphatic rings. The normalized spacial score (nSPS) is 18.5. The largest absolute Gasteiger partial charge is 0.457 e. The molecule has 16 nitrogen and oxygen atoms in total. The van der Waals surface area contributed by atoms with Crippen molar-refractivity contribution in [2.24, 2.45) is 0 Å². The Balaban J connectivity index is 1.47. The second-order valence-corrected chi connectivity index (χ2v) is 24.5. The molecule has 4 N–H and O–H groups in total. The fourth-order valence-electron chi connectivity index (χ4n) is 9.09. The second kappa shape index (κ2) is 20.3. The Morgan fingerprint density at radius 3 is 1.93 bits per heavy atom. The van der Waals surface area contributed by atoms with E-state index in [2.05, 4.69) is 0 Å². The molecule has 3 aromatic carbocycles. The number of nitrogens with zero attached hydrogens (tertiary/aromatic N) is 2. The lowest BCUT2D eigenvalue weighted by molar-refractivity contribution is -0.438. The van der Waals surface area contributed by atoms with Gasteiger partial charge in [-0.25, -0.2) is 0 Å². The summed E-state index contributed by atoms with van der Waals surface area (Å²) in [6.45, 7) is 9.87. The van der Waals surface area contributed by atoms with Crippen molar-refractivity contribution in [3.63, 3.8) is 0 Å². The van der Waals surface area contributed by atoms with Gasteiger partial charge in [-0.15, -0.1) is 0 Å². The van der Waals surface area contributed by atoms with Crippen molar-refractivity contribution < 1.29 is 66.0 Å². The van der Waals surface area contributed by atoms with Gasteiger partial charge in [-0.05, 0) is 143 Å². The smallest absolute Gasteiger partial charge is 0.294 e. The van der Waals surface area contributed by atoms with Gasteiger partial charge in [0.2, 0.25) is 5.69 Å². The number of allylic oxidation sites excluding steroid dienone is 7. The van der Waals surface area contributed by atoms with Crippen LogP contribution in [-0.4, -0.2) is 92.5 Å². The topological polar surface area (TPSA) is 250 Å². The van der Waals surface area contributed by atoms with Gasteiger partial charge in [-0.3, -0.25) is 18.2 Å². The summed E-state index contributed by atoms with van der Waals surface area (Å²) in [4.78, 5) is 13.1. The van der Waals surface area contributed by atoms with Gasteiger partial charge in [-0.2, -0.15) is 38.2 Å². The van der Waals surface area contributed by atoms with E-state index in [9.17, 15) is 56.7 Å². The lowest BCUT2D eigenvalue weighted by atomic mass is 9.81. The molecule has 0 spiro atoms. The number of aryl methyl sites for hydroxylation is 1. The number of hydrogen-bond donors (Lipinski definition) is 4. The number of rotatable bonds is 20. The number of hydrogen-bond acceptors (Lipinski definition) is 11. The average Bonchev–Trinajstić information content (AvgIpc) is 3.58. The molecule has 2 heterocycles. The summed E-state index contributed by atoms with van der Waals surface area (Å²) >= 11 is 0. The zero-order valence-corrected chi connectivity index (χ0v) is 41.9. The van der Waals surface area contributed by atoms with Gasteiger partial charge in [-0.1, -0.05) is 32.1 Å². The van der Waals surface area contributed by atoms with Crippen LogP contribution in [0.3, 0.4) is 0 Å². The first-order valence-corrected chi connectivity index (χ1v) is 28.3. The third kappa shape index (κ3) is 12.7. The van der Waals surface area contributed by atoms with Crippen molar-refractivity contribution in [3.8, 4) is 5.75 Å². The lowest BCUT2D eigenvalue weighted by Gasteiger charge is -2.27. The van der Waals surface area contributed by atoms with E-state index in [0.717, 1.165) is 28.1 Å². The SMILES string of the molecule is CC(=O)CCc1ccc(OC2=C(/C=C/C3=[N+](CCCCS(=O)(=O)O)c4ccc(S(=O)(=O)O)cc4C3(C)C)CCC/C2=C\C=C2\N(CCCCS(=O)(=O)O)c3ccc(S(=O)(=O)O)cc3C2(C)C)cc1. The first-order chi connectivity index (χ1) is 31.6. The first-order valence-electron chi connectivity index (χ1n) is 22.2. The minimum Gasteiger partial charge on any atom is -0.457 e. The summed E-state index contributed by atoms with van der Waals surface area (Å²) in [5.74, 6) is 0.306.